The molecule has 6 bridgehead atoms. The highest BCUT2D eigenvalue weighted by atomic mass is 35.5. The van der Waals surface area contributed by atoms with Crippen LogP contribution in [0.1, 0.15) is 11.1 Å². The lowest BCUT2D eigenvalue weighted by atomic mass is 10.0. The lowest BCUT2D eigenvalue weighted by Gasteiger charge is -2.15. The predicted octanol–water partition coefficient (Wildman–Crippen LogP) is 6.36. The summed E-state index contributed by atoms with van der Waals surface area (Å²) in [6.07, 6.45) is 3.09. The Morgan fingerprint density at radius 1 is 0.879 bits per heavy atom. The molecule has 0 spiro atoms. The van der Waals surface area contributed by atoms with Crippen LogP contribution >= 0.6 is 11.6 Å². The second kappa shape index (κ2) is 9.18. The van der Waals surface area contributed by atoms with Crippen LogP contribution in [0.2, 0.25) is 5.02 Å². The number of aryl methyl sites for hydroxylation is 2. The van der Waals surface area contributed by atoms with Crippen LogP contribution in [0.4, 0.5) is 39.3 Å². The Morgan fingerprint density at radius 3 is 2.61 bits per heavy atom. The Kier molecular flexibility index (Phi) is 5.78. The first-order valence-electron chi connectivity index (χ1n) is 10.5. The average Bonchev–Trinajstić information content (AvgIpc) is 2.82. The number of nitrogens with one attached hydrogen (secondary N) is 4. The summed E-state index contributed by atoms with van der Waals surface area (Å²) in [5.74, 6) is 0.951. The van der Waals surface area contributed by atoms with Gasteiger partial charge in [-0.15, -0.1) is 0 Å². The van der Waals surface area contributed by atoms with Crippen molar-refractivity contribution in [3.05, 3.63) is 95.1 Å². The van der Waals surface area contributed by atoms with Gasteiger partial charge in [-0.25, -0.2) is 9.78 Å². The summed E-state index contributed by atoms with van der Waals surface area (Å²) < 4.78 is 0. The van der Waals surface area contributed by atoms with Gasteiger partial charge >= 0.3 is 6.03 Å². The van der Waals surface area contributed by atoms with Crippen molar-refractivity contribution < 1.29 is 4.79 Å². The van der Waals surface area contributed by atoms with E-state index in [2.05, 4.69) is 43.4 Å². The van der Waals surface area contributed by atoms with E-state index >= 15 is 0 Å². The molecule has 3 aromatic carbocycles. The quantitative estimate of drug-likeness (QED) is 0.282. The normalized spacial score (nSPS) is 12.2. The summed E-state index contributed by atoms with van der Waals surface area (Å²) in [4.78, 5) is 21.4. The van der Waals surface area contributed by atoms with Gasteiger partial charge in [-0.2, -0.15) is 4.98 Å². The number of carbonyl (C=O) groups is 1. The van der Waals surface area contributed by atoms with E-state index in [4.69, 9.17) is 11.6 Å². The van der Waals surface area contributed by atoms with Gasteiger partial charge in [0.25, 0.3) is 0 Å². The molecule has 0 radical (unpaired) electrons. The van der Waals surface area contributed by atoms with E-state index in [0.29, 0.717) is 16.8 Å². The fraction of sp³-hybridized carbons (Fsp3) is 0.0800. The number of fused-ring (bicyclic) bond motifs is 6. The Labute approximate surface area is 196 Å². The molecule has 0 aliphatic carbocycles. The van der Waals surface area contributed by atoms with Crippen LogP contribution in [0, 0.1) is 0 Å². The molecule has 164 valence electrons. The molecular formula is C25H21ClN6O. The van der Waals surface area contributed by atoms with Crippen LogP contribution < -0.4 is 21.3 Å². The number of nitrogens with zero attached hydrogens (tertiary/aromatic N) is 2. The van der Waals surface area contributed by atoms with Gasteiger partial charge in [0.2, 0.25) is 5.95 Å². The minimum Gasteiger partial charge on any atom is -0.339 e. The summed E-state index contributed by atoms with van der Waals surface area (Å²) in [6, 6.07) is 22.9. The van der Waals surface area contributed by atoms with Gasteiger partial charge in [0.15, 0.2) is 5.82 Å². The van der Waals surface area contributed by atoms with Crippen molar-refractivity contribution in [1.82, 2.24) is 9.97 Å². The molecule has 4 aromatic rings. The molecule has 33 heavy (non-hydrogen) atoms. The molecule has 0 fully saturated rings. The standard InChI is InChI=1S/C25H21ClN6O/c26-21-15-27-24-29-19-8-4-5-16(13-19)9-10-17-14-20(28-23(21)32-24)11-12-22(17)31-25(33)30-18-6-2-1-3-7-18/h1-8,11-15H,9-10H2,(H2,30,31,33)(H2,27,28,29,32). The Morgan fingerprint density at radius 2 is 1.73 bits per heavy atom. The first-order valence-corrected chi connectivity index (χ1v) is 10.9. The molecule has 7 nitrogen and oxygen atoms in total. The van der Waals surface area contributed by atoms with Gasteiger partial charge in [-0.3, -0.25) is 0 Å². The van der Waals surface area contributed by atoms with E-state index in [1.165, 1.54) is 0 Å². The number of rotatable bonds is 2. The van der Waals surface area contributed by atoms with E-state index in [1.807, 2.05) is 60.7 Å². The maximum atomic E-state index is 12.6. The number of urea groups is 1. The predicted molar refractivity (Wildman–Crippen MR) is 133 cm³/mol. The molecule has 1 aromatic heterocycles. The topological polar surface area (TPSA) is 91.0 Å². The molecule has 0 saturated heterocycles. The second-order valence-corrected chi connectivity index (χ2v) is 8.06. The number of hydrogen-bond acceptors (Lipinski definition) is 5. The van der Waals surface area contributed by atoms with Crippen LogP contribution in [-0.4, -0.2) is 16.0 Å². The van der Waals surface area contributed by atoms with Crippen LogP contribution in [-0.2, 0) is 12.8 Å². The van der Waals surface area contributed by atoms with E-state index in [9.17, 15) is 4.79 Å². The Balaban J connectivity index is 1.47. The highest BCUT2D eigenvalue weighted by Gasteiger charge is 2.13. The molecule has 0 saturated carbocycles. The van der Waals surface area contributed by atoms with Crippen molar-refractivity contribution in [3.63, 3.8) is 0 Å². The van der Waals surface area contributed by atoms with Crippen LogP contribution in [0.15, 0.2) is 79.0 Å². The monoisotopic (exact) mass is 456 g/mol. The number of anilines is 6. The maximum absolute atomic E-state index is 12.6. The molecule has 8 heteroatoms. The third kappa shape index (κ3) is 5.05. The molecule has 0 unspecified atom stereocenters. The summed E-state index contributed by atoms with van der Waals surface area (Å²) in [7, 11) is 0. The molecule has 2 heterocycles. The number of halogens is 1. The summed E-state index contributed by atoms with van der Waals surface area (Å²) >= 11 is 6.33. The largest absolute Gasteiger partial charge is 0.339 e. The summed E-state index contributed by atoms with van der Waals surface area (Å²) in [5.41, 5.74) is 5.33. The van der Waals surface area contributed by atoms with E-state index in [0.717, 1.165) is 46.7 Å². The van der Waals surface area contributed by atoms with Crippen molar-refractivity contribution in [2.24, 2.45) is 0 Å². The van der Waals surface area contributed by atoms with E-state index in [1.54, 1.807) is 6.20 Å². The number of aromatic nitrogens is 2. The van der Waals surface area contributed by atoms with Crippen molar-refractivity contribution in [2.45, 2.75) is 12.8 Å². The number of hydrogen-bond donors (Lipinski definition) is 4. The number of benzene rings is 3. The number of amides is 2. The molecular weight excluding hydrogens is 436 g/mol. The van der Waals surface area contributed by atoms with Crippen LogP contribution in [0.3, 0.4) is 0 Å². The van der Waals surface area contributed by atoms with Gasteiger partial charge in [0.05, 0.1) is 6.20 Å². The molecule has 2 amide bonds. The zero-order chi connectivity index (χ0) is 22.6. The lowest BCUT2D eigenvalue weighted by molar-refractivity contribution is 0.262. The Hall–Kier alpha value is -4.10. The van der Waals surface area contributed by atoms with Crippen molar-refractivity contribution in [2.75, 3.05) is 21.3 Å². The summed E-state index contributed by atoms with van der Waals surface area (Å²) in [5, 5.41) is 12.7. The SMILES string of the molecule is O=C(Nc1ccccc1)Nc1ccc2cc1CCc1cccc(c1)Nc1ncc(Cl)c(n1)N2. The molecule has 4 N–H and O–H groups in total. The molecule has 0 atom stereocenters. The second-order valence-electron chi connectivity index (χ2n) is 7.66. The first kappa shape index (κ1) is 20.8. The molecule has 1 aliphatic rings. The van der Waals surface area contributed by atoms with E-state index < -0.39 is 0 Å². The van der Waals surface area contributed by atoms with E-state index in [-0.39, 0.29) is 6.03 Å². The zero-order valence-corrected chi connectivity index (χ0v) is 18.4. The van der Waals surface area contributed by atoms with Crippen LogP contribution in [0.5, 0.6) is 0 Å². The smallest absolute Gasteiger partial charge is 0.323 e. The number of carbonyl (C=O) groups excluding carboxylic acids is 1. The third-order valence-corrected chi connectivity index (χ3v) is 5.53. The molecule has 1 aliphatic heterocycles. The van der Waals surface area contributed by atoms with Gasteiger partial charge in [0, 0.05) is 22.7 Å². The summed E-state index contributed by atoms with van der Waals surface area (Å²) in [6.45, 7) is 0. The van der Waals surface area contributed by atoms with Gasteiger partial charge in [-0.1, -0.05) is 41.9 Å². The van der Waals surface area contributed by atoms with Crippen molar-refractivity contribution in [3.8, 4) is 0 Å². The minimum absolute atomic E-state index is 0.296. The van der Waals surface area contributed by atoms with Gasteiger partial charge < -0.3 is 21.3 Å². The zero-order valence-electron chi connectivity index (χ0n) is 17.6. The third-order valence-electron chi connectivity index (χ3n) is 5.26. The van der Waals surface area contributed by atoms with Gasteiger partial charge in [0.1, 0.15) is 5.02 Å². The average molecular weight is 457 g/mol. The number of para-hydroxylation sites is 1. The maximum Gasteiger partial charge on any atom is 0.323 e. The molecule has 5 rings (SSSR count). The van der Waals surface area contributed by atoms with Crippen LogP contribution in [0.25, 0.3) is 0 Å². The first-order chi connectivity index (χ1) is 16.1. The fourth-order valence-corrected chi connectivity index (χ4v) is 3.81. The van der Waals surface area contributed by atoms with Crippen molar-refractivity contribution in [1.29, 1.82) is 0 Å². The van der Waals surface area contributed by atoms with Crippen molar-refractivity contribution >= 4 is 52.1 Å². The highest BCUT2D eigenvalue weighted by Crippen LogP contribution is 2.29. The van der Waals surface area contributed by atoms with Gasteiger partial charge in [-0.05, 0) is 66.4 Å². The Bertz CT molecular complexity index is 1310. The highest BCUT2D eigenvalue weighted by molar-refractivity contribution is 6.32. The minimum atomic E-state index is -0.296. The lowest BCUT2D eigenvalue weighted by Crippen LogP contribution is -2.20. The fourth-order valence-electron chi connectivity index (χ4n) is 3.67.